The Bertz CT molecular complexity index is 500. The van der Waals surface area contributed by atoms with Crippen molar-refractivity contribution in [3.05, 3.63) is 30.3 Å². The summed E-state index contributed by atoms with van der Waals surface area (Å²) in [5.74, 6) is 1.36. The molecule has 0 saturated carbocycles. The van der Waals surface area contributed by atoms with E-state index in [9.17, 15) is 0 Å². The number of ether oxygens (including phenoxy) is 2. The van der Waals surface area contributed by atoms with E-state index in [1.165, 1.54) is 0 Å². The van der Waals surface area contributed by atoms with Crippen LogP contribution in [0.1, 0.15) is 6.42 Å². The van der Waals surface area contributed by atoms with Crippen molar-refractivity contribution in [3.8, 4) is 11.6 Å². The third-order valence-electron chi connectivity index (χ3n) is 2.48. The Labute approximate surface area is 100 Å². The van der Waals surface area contributed by atoms with Gasteiger partial charge in [-0.1, -0.05) is 12.1 Å². The van der Waals surface area contributed by atoms with Gasteiger partial charge in [-0.25, -0.2) is 4.98 Å². The van der Waals surface area contributed by atoms with Crippen LogP contribution in [-0.4, -0.2) is 25.2 Å². The number of benzene rings is 1. The fraction of sp³-hybridized carbons (Fsp3) is 0.308. The van der Waals surface area contributed by atoms with Gasteiger partial charge in [-0.05, 0) is 25.1 Å². The summed E-state index contributed by atoms with van der Waals surface area (Å²) in [6, 6.07) is 9.66. The second-order valence-corrected chi connectivity index (χ2v) is 3.67. The number of fused-ring (bicyclic) bond motifs is 1. The topological polar surface area (TPSA) is 57.4 Å². The van der Waals surface area contributed by atoms with Crippen molar-refractivity contribution >= 4 is 10.9 Å². The highest BCUT2D eigenvalue weighted by Gasteiger charge is 2.04. The van der Waals surface area contributed by atoms with Crippen LogP contribution in [0.3, 0.4) is 0 Å². The average molecular weight is 232 g/mol. The van der Waals surface area contributed by atoms with E-state index in [1.54, 1.807) is 7.11 Å². The summed E-state index contributed by atoms with van der Waals surface area (Å²) in [6.45, 7) is 1.21. The Morgan fingerprint density at radius 3 is 2.88 bits per heavy atom. The first-order valence-electron chi connectivity index (χ1n) is 5.62. The molecule has 4 heteroatoms. The molecule has 1 heterocycles. The number of aromatic nitrogens is 1. The minimum absolute atomic E-state index is 0.587. The van der Waals surface area contributed by atoms with Gasteiger partial charge < -0.3 is 15.2 Å². The van der Waals surface area contributed by atoms with E-state index in [0.717, 1.165) is 23.1 Å². The molecule has 1 aromatic heterocycles. The van der Waals surface area contributed by atoms with Crippen LogP contribution < -0.4 is 15.2 Å². The maximum atomic E-state index is 5.51. The molecular formula is C13H16N2O2. The zero-order valence-corrected chi connectivity index (χ0v) is 9.85. The second-order valence-electron chi connectivity index (χ2n) is 3.67. The van der Waals surface area contributed by atoms with Crippen LogP contribution in [0.5, 0.6) is 11.6 Å². The molecule has 0 aliphatic heterocycles. The summed E-state index contributed by atoms with van der Waals surface area (Å²) >= 11 is 0. The van der Waals surface area contributed by atoms with Crippen molar-refractivity contribution in [1.29, 1.82) is 0 Å². The van der Waals surface area contributed by atoms with Crippen molar-refractivity contribution in [1.82, 2.24) is 4.98 Å². The highest BCUT2D eigenvalue weighted by Crippen LogP contribution is 2.25. The zero-order valence-electron chi connectivity index (χ0n) is 9.85. The molecule has 2 aromatic rings. The van der Waals surface area contributed by atoms with Crippen LogP contribution in [-0.2, 0) is 0 Å². The Hall–Kier alpha value is -1.81. The molecule has 0 unspecified atom stereocenters. The van der Waals surface area contributed by atoms with Gasteiger partial charge in [0.25, 0.3) is 0 Å². The van der Waals surface area contributed by atoms with Gasteiger partial charge >= 0.3 is 0 Å². The normalized spacial score (nSPS) is 10.5. The van der Waals surface area contributed by atoms with Gasteiger partial charge in [-0.3, -0.25) is 0 Å². The van der Waals surface area contributed by atoms with Crippen LogP contribution >= 0.6 is 0 Å². The van der Waals surface area contributed by atoms with Crippen molar-refractivity contribution < 1.29 is 9.47 Å². The third-order valence-corrected chi connectivity index (χ3v) is 2.48. The maximum absolute atomic E-state index is 5.51. The molecule has 0 aliphatic rings. The summed E-state index contributed by atoms with van der Waals surface area (Å²) in [6.07, 6.45) is 0.825. The zero-order chi connectivity index (χ0) is 12.1. The molecule has 4 nitrogen and oxygen atoms in total. The molecule has 0 radical (unpaired) electrons. The average Bonchev–Trinajstić information content (AvgIpc) is 2.38. The lowest BCUT2D eigenvalue weighted by molar-refractivity contribution is 0.302. The Morgan fingerprint density at radius 2 is 2.12 bits per heavy atom. The van der Waals surface area contributed by atoms with Crippen LogP contribution in [0.4, 0.5) is 0 Å². The molecule has 1 aromatic carbocycles. The fourth-order valence-electron chi connectivity index (χ4n) is 1.61. The molecule has 0 atom stereocenters. The highest BCUT2D eigenvalue weighted by molar-refractivity contribution is 5.84. The Morgan fingerprint density at radius 1 is 1.24 bits per heavy atom. The lowest BCUT2D eigenvalue weighted by Gasteiger charge is -2.07. The monoisotopic (exact) mass is 232 g/mol. The minimum Gasteiger partial charge on any atom is -0.494 e. The molecule has 0 spiro atoms. The largest absolute Gasteiger partial charge is 0.494 e. The standard InChI is InChI=1S/C13H16N2O2/c1-16-11-5-2-4-10-6-7-12(15-13(10)11)17-9-3-8-14/h2,4-7H,3,8-9,14H2,1H3. The number of nitrogens with zero attached hydrogens (tertiary/aromatic N) is 1. The molecule has 90 valence electrons. The molecule has 0 saturated heterocycles. The van der Waals surface area contributed by atoms with E-state index >= 15 is 0 Å². The Balaban J connectivity index is 2.28. The van der Waals surface area contributed by atoms with Crippen molar-refractivity contribution in [3.63, 3.8) is 0 Å². The first kappa shape index (κ1) is 11.7. The van der Waals surface area contributed by atoms with Crippen LogP contribution in [0.25, 0.3) is 10.9 Å². The smallest absolute Gasteiger partial charge is 0.213 e. The summed E-state index contributed by atoms with van der Waals surface area (Å²) in [7, 11) is 1.64. The lowest BCUT2D eigenvalue weighted by Crippen LogP contribution is -2.06. The van der Waals surface area contributed by atoms with E-state index < -0.39 is 0 Å². The number of methoxy groups -OCH3 is 1. The fourth-order valence-corrected chi connectivity index (χ4v) is 1.61. The van der Waals surface area contributed by atoms with E-state index in [4.69, 9.17) is 15.2 Å². The van der Waals surface area contributed by atoms with Gasteiger partial charge in [0.2, 0.25) is 5.88 Å². The van der Waals surface area contributed by atoms with Crippen molar-refractivity contribution in [2.45, 2.75) is 6.42 Å². The first-order valence-corrected chi connectivity index (χ1v) is 5.62. The molecule has 17 heavy (non-hydrogen) atoms. The summed E-state index contributed by atoms with van der Waals surface area (Å²) in [5, 5.41) is 1.04. The van der Waals surface area contributed by atoms with Gasteiger partial charge in [0.05, 0.1) is 13.7 Å². The number of pyridine rings is 1. The summed E-state index contributed by atoms with van der Waals surface area (Å²) < 4.78 is 10.8. The van der Waals surface area contributed by atoms with Crippen LogP contribution in [0.15, 0.2) is 30.3 Å². The van der Waals surface area contributed by atoms with Crippen molar-refractivity contribution in [2.75, 3.05) is 20.3 Å². The van der Waals surface area contributed by atoms with Crippen LogP contribution in [0, 0.1) is 0 Å². The predicted octanol–water partition coefficient (Wildman–Crippen LogP) is 1.97. The van der Waals surface area contributed by atoms with E-state index in [2.05, 4.69) is 4.98 Å². The van der Waals surface area contributed by atoms with Gasteiger partial charge in [-0.15, -0.1) is 0 Å². The number of hydrogen-bond donors (Lipinski definition) is 1. The number of nitrogens with two attached hydrogens (primary N) is 1. The van der Waals surface area contributed by atoms with Crippen LogP contribution in [0.2, 0.25) is 0 Å². The van der Waals surface area contributed by atoms with E-state index in [1.807, 2.05) is 30.3 Å². The molecule has 0 amide bonds. The molecule has 2 N–H and O–H groups in total. The molecule has 0 aliphatic carbocycles. The lowest BCUT2D eigenvalue weighted by atomic mass is 10.2. The number of rotatable bonds is 5. The maximum Gasteiger partial charge on any atom is 0.213 e. The number of para-hydroxylation sites is 1. The number of hydrogen-bond acceptors (Lipinski definition) is 4. The highest BCUT2D eigenvalue weighted by atomic mass is 16.5. The molecular weight excluding hydrogens is 216 g/mol. The van der Waals surface area contributed by atoms with Gasteiger partial charge in [-0.2, -0.15) is 0 Å². The van der Waals surface area contributed by atoms with Crippen molar-refractivity contribution in [2.24, 2.45) is 5.73 Å². The summed E-state index contributed by atoms with van der Waals surface area (Å²) in [4.78, 5) is 4.43. The minimum atomic E-state index is 0.587. The van der Waals surface area contributed by atoms with E-state index in [0.29, 0.717) is 19.0 Å². The molecule has 0 bridgehead atoms. The first-order chi connectivity index (χ1) is 8.35. The molecule has 0 fully saturated rings. The summed E-state index contributed by atoms with van der Waals surface area (Å²) in [5.41, 5.74) is 6.23. The SMILES string of the molecule is COc1cccc2ccc(OCCCN)nc12. The van der Waals surface area contributed by atoms with Gasteiger partial charge in [0, 0.05) is 11.5 Å². The molecule has 2 rings (SSSR count). The van der Waals surface area contributed by atoms with Gasteiger partial charge in [0.1, 0.15) is 11.3 Å². The third kappa shape index (κ3) is 2.65. The predicted molar refractivity (Wildman–Crippen MR) is 67.5 cm³/mol. The van der Waals surface area contributed by atoms with Gasteiger partial charge in [0.15, 0.2) is 0 Å². The van der Waals surface area contributed by atoms with E-state index in [-0.39, 0.29) is 0 Å². The second kappa shape index (κ2) is 5.50. The Kier molecular flexibility index (Phi) is 3.77. The quantitative estimate of drug-likeness (QED) is 0.801.